The minimum atomic E-state index is -0.224. The van der Waals surface area contributed by atoms with Gasteiger partial charge in [-0.3, -0.25) is 4.79 Å². The van der Waals surface area contributed by atoms with Crippen molar-refractivity contribution in [3.63, 3.8) is 0 Å². The van der Waals surface area contributed by atoms with E-state index in [9.17, 15) is 9.90 Å². The Labute approximate surface area is 242 Å². The lowest BCUT2D eigenvalue weighted by Gasteiger charge is -2.28. The largest absolute Gasteiger partial charge is 0.507 e. The molecule has 0 aliphatic carbocycles. The van der Waals surface area contributed by atoms with Crippen molar-refractivity contribution in [3.8, 4) is 5.75 Å². The van der Waals surface area contributed by atoms with Crippen LogP contribution in [-0.4, -0.2) is 26.0 Å². The first kappa shape index (κ1) is 29.5. The number of nitrogens with one attached hydrogen (secondary N) is 3. The Balaban J connectivity index is 1.47. The zero-order valence-electron chi connectivity index (χ0n) is 24.7. The van der Waals surface area contributed by atoms with Gasteiger partial charge in [-0.1, -0.05) is 90.1 Å². The first-order valence-electron chi connectivity index (χ1n) is 13.9. The number of hydrogen-bond acceptors (Lipinski definition) is 7. The summed E-state index contributed by atoms with van der Waals surface area (Å²) in [6, 6.07) is 23.3. The molecule has 1 aromatic heterocycles. The molecule has 0 aliphatic heterocycles. The molecule has 0 saturated heterocycles. The fourth-order valence-corrected chi connectivity index (χ4v) is 4.42. The van der Waals surface area contributed by atoms with Crippen molar-refractivity contribution >= 4 is 29.2 Å². The third-order valence-electron chi connectivity index (χ3n) is 6.61. The SMILES string of the molecule is CC(C)(C)c1cc(CCC(=O)NCc2nc(Nc3ccccc3)nc(Nc3ccccc3)n2)cc(C(C)(C)C)c1O. The highest BCUT2D eigenvalue weighted by Crippen LogP contribution is 2.40. The quantitative estimate of drug-likeness (QED) is 0.178. The summed E-state index contributed by atoms with van der Waals surface area (Å²) in [6.07, 6.45) is 0.852. The molecule has 0 saturated carbocycles. The number of carbonyl (C=O) groups excluding carboxylic acids is 1. The number of hydrogen-bond donors (Lipinski definition) is 4. The number of nitrogens with zero attached hydrogens (tertiary/aromatic N) is 3. The summed E-state index contributed by atoms with van der Waals surface area (Å²) < 4.78 is 0. The van der Waals surface area contributed by atoms with Crippen molar-refractivity contribution < 1.29 is 9.90 Å². The number of rotatable bonds is 9. The van der Waals surface area contributed by atoms with Gasteiger partial charge in [0.05, 0.1) is 6.54 Å². The predicted octanol–water partition coefficient (Wildman–Crippen LogP) is 6.91. The molecule has 1 heterocycles. The molecule has 0 radical (unpaired) electrons. The highest BCUT2D eigenvalue weighted by Gasteiger charge is 2.26. The van der Waals surface area contributed by atoms with E-state index in [1.807, 2.05) is 72.8 Å². The number of para-hydroxylation sites is 2. The highest BCUT2D eigenvalue weighted by atomic mass is 16.3. The van der Waals surface area contributed by atoms with Gasteiger partial charge in [0.2, 0.25) is 17.8 Å². The van der Waals surface area contributed by atoms with Crippen molar-refractivity contribution in [2.45, 2.75) is 71.8 Å². The third-order valence-corrected chi connectivity index (χ3v) is 6.61. The number of benzene rings is 3. The van der Waals surface area contributed by atoms with Crippen LogP contribution in [0.15, 0.2) is 72.8 Å². The molecule has 0 spiro atoms. The molecule has 214 valence electrons. The van der Waals surface area contributed by atoms with Crippen molar-refractivity contribution in [2.75, 3.05) is 10.6 Å². The molecule has 3 aromatic carbocycles. The summed E-state index contributed by atoms with van der Waals surface area (Å²) in [6.45, 7) is 12.7. The van der Waals surface area contributed by atoms with E-state index in [1.54, 1.807) is 0 Å². The Kier molecular flexibility index (Phi) is 8.91. The second-order valence-corrected chi connectivity index (χ2v) is 12.2. The predicted molar refractivity (Wildman–Crippen MR) is 165 cm³/mol. The molecule has 0 atom stereocenters. The molecule has 0 unspecified atom stereocenters. The molecule has 4 N–H and O–H groups in total. The monoisotopic (exact) mass is 552 g/mol. The summed E-state index contributed by atoms with van der Waals surface area (Å²) in [7, 11) is 0. The van der Waals surface area contributed by atoms with E-state index in [4.69, 9.17) is 0 Å². The van der Waals surface area contributed by atoms with Crippen molar-refractivity contribution in [1.29, 1.82) is 0 Å². The summed E-state index contributed by atoms with van der Waals surface area (Å²) in [5.41, 5.74) is 4.05. The van der Waals surface area contributed by atoms with Gasteiger partial charge in [-0.25, -0.2) is 0 Å². The fraction of sp³-hybridized carbons (Fsp3) is 0.333. The van der Waals surface area contributed by atoms with Crippen LogP contribution in [0.5, 0.6) is 5.75 Å². The molecule has 1 amide bonds. The number of carbonyl (C=O) groups is 1. The van der Waals surface area contributed by atoms with Crippen LogP contribution in [0.25, 0.3) is 0 Å². The number of aromatic hydroxyl groups is 1. The van der Waals surface area contributed by atoms with Gasteiger partial charge < -0.3 is 21.1 Å². The zero-order valence-corrected chi connectivity index (χ0v) is 24.7. The fourth-order valence-electron chi connectivity index (χ4n) is 4.42. The molecule has 0 fully saturated rings. The molecule has 0 bridgehead atoms. The maximum atomic E-state index is 12.9. The van der Waals surface area contributed by atoms with Gasteiger partial charge in [-0.15, -0.1) is 0 Å². The first-order valence-corrected chi connectivity index (χ1v) is 13.9. The van der Waals surface area contributed by atoms with Crippen LogP contribution in [0.2, 0.25) is 0 Å². The van der Waals surface area contributed by atoms with Crippen LogP contribution in [0.1, 0.15) is 70.5 Å². The second-order valence-electron chi connectivity index (χ2n) is 12.2. The number of amides is 1. The van der Waals surface area contributed by atoms with Gasteiger partial charge >= 0.3 is 0 Å². The number of aromatic nitrogens is 3. The van der Waals surface area contributed by atoms with Gasteiger partial charge in [0.1, 0.15) is 5.75 Å². The molecule has 41 heavy (non-hydrogen) atoms. The van der Waals surface area contributed by atoms with Crippen molar-refractivity contribution in [2.24, 2.45) is 0 Å². The first-order chi connectivity index (χ1) is 19.4. The summed E-state index contributed by atoms with van der Waals surface area (Å²) in [4.78, 5) is 26.5. The lowest BCUT2D eigenvalue weighted by atomic mass is 9.78. The van der Waals surface area contributed by atoms with Gasteiger partial charge in [0.15, 0.2) is 5.82 Å². The second kappa shape index (κ2) is 12.4. The van der Waals surface area contributed by atoms with Crippen LogP contribution in [0.3, 0.4) is 0 Å². The van der Waals surface area contributed by atoms with Crippen LogP contribution >= 0.6 is 0 Å². The average molecular weight is 553 g/mol. The van der Waals surface area contributed by atoms with Gasteiger partial charge in [-0.05, 0) is 58.2 Å². The van der Waals surface area contributed by atoms with Crippen molar-refractivity contribution in [1.82, 2.24) is 20.3 Å². The summed E-state index contributed by atoms with van der Waals surface area (Å²) in [5, 5.41) is 20.4. The number of anilines is 4. The van der Waals surface area contributed by atoms with E-state index in [-0.39, 0.29) is 23.3 Å². The van der Waals surface area contributed by atoms with E-state index in [0.717, 1.165) is 28.1 Å². The van der Waals surface area contributed by atoms with E-state index >= 15 is 0 Å². The maximum Gasteiger partial charge on any atom is 0.232 e. The third kappa shape index (κ3) is 8.27. The minimum Gasteiger partial charge on any atom is -0.507 e. The van der Waals surface area contributed by atoms with E-state index in [2.05, 4.69) is 72.4 Å². The molecule has 8 nitrogen and oxygen atoms in total. The molecule has 8 heteroatoms. The normalized spacial score (nSPS) is 11.7. The number of phenols is 1. The Bertz CT molecular complexity index is 1380. The molecule has 0 aliphatic rings. The van der Waals surface area contributed by atoms with E-state index in [0.29, 0.717) is 36.3 Å². The Morgan fingerprint density at radius 3 is 1.63 bits per heavy atom. The van der Waals surface area contributed by atoms with Crippen LogP contribution in [0, 0.1) is 0 Å². The minimum absolute atomic E-state index is 0.108. The van der Waals surface area contributed by atoms with E-state index in [1.165, 1.54) is 0 Å². The van der Waals surface area contributed by atoms with Gasteiger partial charge in [0.25, 0.3) is 0 Å². The lowest BCUT2D eigenvalue weighted by Crippen LogP contribution is -2.25. The standard InChI is InChI=1S/C33H40N6O2/c1-32(2,3)25-19-22(20-26(29(25)41)33(4,5)6)17-18-28(40)34-21-27-37-30(35-23-13-9-7-10-14-23)39-31(38-27)36-24-15-11-8-12-16-24/h7-16,19-20,41H,17-18,21H2,1-6H3,(H,34,40)(H2,35,36,37,38,39). The number of phenolic OH excluding ortho intramolecular Hbond substituents is 1. The van der Waals surface area contributed by atoms with Crippen LogP contribution in [-0.2, 0) is 28.6 Å². The zero-order chi connectivity index (χ0) is 29.6. The van der Waals surface area contributed by atoms with Gasteiger partial charge in [0, 0.05) is 17.8 Å². The summed E-state index contributed by atoms with van der Waals surface area (Å²) in [5.74, 6) is 1.42. The average Bonchev–Trinajstić information content (AvgIpc) is 2.91. The molecule has 4 aromatic rings. The molecular formula is C33H40N6O2. The lowest BCUT2D eigenvalue weighted by molar-refractivity contribution is -0.121. The Hall–Kier alpha value is -4.46. The maximum absolute atomic E-state index is 12.9. The summed E-state index contributed by atoms with van der Waals surface area (Å²) >= 11 is 0. The van der Waals surface area contributed by atoms with Gasteiger partial charge in [-0.2, -0.15) is 15.0 Å². The topological polar surface area (TPSA) is 112 Å². The number of aryl methyl sites for hydroxylation is 1. The Morgan fingerprint density at radius 1 is 0.732 bits per heavy atom. The smallest absolute Gasteiger partial charge is 0.232 e. The molecule has 4 rings (SSSR count). The Morgan fingerprint density at radius 2 is 1.20 bits per heavy atom. The van der Waals surface area contributed by atoms with Crippen LogP contribution < -0.4 is 16.0 Å². The molecular weight excluding hydrogens is 512 g/mol. The van der Waals surface area contributed by atoms with Crippen molar-refractivity contribution in [3.05, 3.63) is 95.3 Å². The highest BCUT2D eigenvalue weighted by molar-refractivity contribution is 5.76. The van der Waals surface area contributed by atoms with Crippen LogP contribution in [0.4, 0.5) is 23.3 Å². The van der Waals surface area contributed by atoms with E-state index < -0.39 is 0 Å².